The molecule has 1 atom stereocenters. The van der Waals surface area contributed by atoms with Gasteiger partial charge in [0.2, 0.25) is 0 Å². The lowest BCUT2D eigenvalue weighted by Gasteiger charge is -2.15. The predicted molar refractivity (Wildman–Crippen MR) is 73.9 cm³/mol. The molecular weight excluding hydrogens is 240 g/mol. The van der Waals surface area contributed by atoms with E-state index in [9.17, 15) is 9.90 Å². The topological polar surface area (TPSA) is 46.5 Å². The Morgan fingerprint density at radius 3 is 2.32 bits per heavy atom. The van der Waals surface area contributed by atoms with E-state index in [0.29, 0.717) is 5.56 Å². The zero-order chi connectivity index (χ0) is 13.8. The van der Waals surface area contributed by atoms with E-state index in [1.165, 1.54) is 0 Å². The second kappa shape index (κ2) is 5.57. The van der Waals surface area contributed by atoms with Crippen LogP contribution in [0.3, 0.4) is 0 Å². The molecule has 0 aromatic heterocycles. The highest BCUT2D eigenvalue weighted by molar-refractivity contribution is 5.89. The fourth-order valence-corrected chi connectivity index (χ4v) is 2.14. The molecule has 0 saturated heterocycles. The number of carboxylic acids is 1. The first-order valence-corrected chi connectivity index (χ1v) is 6.09. The van der Waals surface area contributed by atoms with E-state index in [-0.39, 0.29) is 5.92 Å². The molecule has 0 amide bonds. The Hall–Kier alpha value is -2.29. The zero-order valence-electron chi connectivity index (χ0n) is 11.0. The summed E-state index contributed by atoms with van der Waals surface area (Å²) in [6.07, 6.45) is 0. The fraction of sp³-hybridized carbons (Fsp3) is 0.188. The number of benzene rings is 2. The molecule has 0 heterocycles. The van der Waals surface area contributed by atoms with Crippen LogP contribution in [0.1, 0.15) is 34.3 Å². The molecule has 0 fully saturated rings. The van der Waals surface area contributed by atoms with Crippen molar-refractivity contribution in [3.8, 4) is 5.75 Å². The lowest BCUT2D eigenvalue weighted by molar-refractivity contribution is 0.0695. The van der Waals surface area contributed by atoms with Crippen LogP contribution in [0, 0.1) is 0 Å². The Morgan fingerprint density at radius 1 is 1.11 bits per heavy atom. The minimum Gasteiger partial charge on any atom is -0.497 e. The second-order valence-corrected chi connectivity index (χ2v) is 4.39. The summed E-state index contributed by atoms with van der Waals surface area (Å²) < 4.78 is 5.12. The van der Waals surface area contributed by atoms with E-state index in [2.05, 4.69) is 0 Å². The summed E-state index contributed by atoms with van der Waals surface area (Å²) in [5, 5.41) is 9.22. The molecule has 3 nitrogen and oxygen atoms in total. The third-order valence-corrected chi connectivity index (χ3v) is 3.27. The maximum atomic E-state index is 11.2. The van der Waals surface area contributed by atoms with Gasteiger partial charge < -0.3 is 9.84 Å². The van der Waals surface area contributed by atoms with Crippen LogP contribution < -0.4 is 4.74 Å². The first-order chi connectivity index (χ1) is 9.13. The molecule has 2 rings (SSSR count). The van der Waals surface area contributed by atoms with E-state index in [1.54, 1.807) is 19.2 Å². The van der Waals surface area contributed by atoms with Gasteiger partial charge in [-0.15, -0.1) is 0 Å². The van der Waals surface area contributed by atoms with Crippen molar-refractivity contribution in [3.63, 3.8) is 0 Å². The maximum absolute atomic E-state index is 11.2. The molecule has 0 aliphatic rings. The van der Waals surface area contributed by atoms with Gasteiger partial charge in [-0.2, -0.15) is 0 Å². The highest BCUT2D eigenvalue weighted by Gasteiger charge is 2.16. The summed E-state index contributed by atoms with van der Waals surface area (Å²) in [5.41, 5.74) is 2.24. The first-order valence-electron chi connectivity index (χ1n) is 6.09. The smallest absolute Gasteiger partial charge is 0.335 e. The van der Waals surface area contributed by atoms with Crippen molar-refractivity contribution in [2.24, 2.45) is 0 Å². The average Bonchev–Trinajstić information content (AvgIpc) is 2.46. The third-order valence-electron chi connectivity index (χ3n) is 3.27. The monoisotopic (exact) mass is 256 g/mol. The predicted octanol–water partition coefficient (Wildman–Crippen LogP) is 3.55. The van der Waals surface area contributed by atoms with Gasteiger partial charge in [-0.3, -0.25) is 0 Å². The van der Waals surface area contributed by atoms with Crippen molar-refractivity contribution in [2.75, 3.05) is 7.11 Å². The van der Waals surface area contributed by atoms with Crippen LogP contribution >= 0.6 is 0 Å². The summed E-state index contributed by atoms with van der Waals surface area (Å²) in [6, 6.07) is 14.8. The summed E-state index contributed by atoms with van der Waals surface area (Å²) in [5.74, 6) is -0.0726. The second-order valence-electron chi connectivity index (χ2n) is 4.39. The van der Waals surface area contributed by atoms with Crippen LogP contribution in [0.25, 0.3) is 0 Å². The van der Waals surface area contributed by atoms with Crippen LogP contribution in [-0.2, 0) is 0 Å². The molecule has 0 bridgehead atoms. The maximum Gasteiger partial charge on any atom is 0.335 e. The molecule has 2 aromatic carbocycles. The molecule has 0 saturated carbocycles. The lowest BCUT2D eigenvalue weighted by Crippen LogP contribution is -2.06. The molecule has 2 aromatic rings. The Labute approximate surface area is 112 Å². The Kier molecular flexibility index (Phi) is 3.85. The van der Waals surface area contributed by atoms with E-state index < -0.39 is 5.97 Å². The molecular formula is C16H16O3. The summed E-state index contributed by atoms with van der Waals surface area (Å²) >= 11 is 0. The normalized spacial score (nSPS) is 11.9. The first kappa shape index (κ1) is 13.1. The van der Waals surface area contributed by atoms with Gasteiger partial charge in [0.1, 0.15) is 5.75 Å². The quantitative estimate of drug-likeness (QED) is 0.910. The molecule has 3 heteroatoms. The summed E-state index contributed by atoms with van der Waals surface area (Å²) in [4.78, 5) is 11.2. The number of methoxy groups -OCH3 is 1. The van der Waals surface area contributed by atoms with Gasteiger partial charge in [0.05, 0.1) is 12.7 Å². The van der Waals surface area contributed by atoms with E-state index in [0.717, 1.165) is 16.9 Å². The van der Waals surface area contributed by atoms with Crippen LogP contribution in [0.15, 0.2) is 48.5 Å². The Morgan fingerprint density at radius 2 is 1.74 bits per heavy atom. The fourth-order valence-electron chi connectivity index (χ4n) is 2.14. The lowest BCUT2D eigenvalue weighted by atomic mass is 9.89. The van der Waals surface area contributed by atoms with Gasteiger partial charge in [-0.25, -0.2) is 4.79 Å². The number of carboxylic acid groups (broad SMARTS) is 1. The van der Waals surface area contributed by atoms with Crippen molar-refractivity contribution in [1.29, 1.82) is 0 Å². The molecule has 0 radical (unpaired) electrons. The molecule has 0 spiro atoms. The molecule has 98 valence electrons. The van der Waals surface area contributed by atoms with Gasteiger partial charge in [0, 0.05) is 5.92 Å². The van der Waals surface area contributed by atoms with Crippen LogP contribution in [0.2, 0.25) is 0 Å². The molecule has 0 unspecified atom stereocenters. The third kappa shape index (κ3) is 2.76. The number of carbonyl (C=O) groups is 1. The average molecular weight is 256 g/mol. The number of hydrogen-bond acceptors (Lipinski definition) is 2. The Balaban J connectivity index is 2.37. The number of hydrogen-bond donors (Lipinski definition) is 1. The van der Waals surface area contributed by atoms with Crippen molar-refractivity contribution in [1.82, 2.24) is 0 Å². The zero-order valence-corrected chi connectivity index (χ0v) is 11.0. The van der Waals surface area contributed by atoms with Gasteiger partial charge in [0.15, 0.2) is 0 Å². The van der Waals surface area contributed by atoms with Crippen LogP contribution in [0.5, 0.6) is 5.75 Å². The van der Waals surface area contributed by atoms with Crippen molar-refractivity contribution in [2.45, 2.75) is 12.8 Å². The van der Waals surface area contributed by atoms with E-state index >= 15 is 0 Å². The standard InChI is InChI=1S/C16H16O3/c1-11(12-7-9-13(19-2)10-8-12)14-5-3-4-6-15(14)16(17)18/h3-11H,1-2H3,(H,17,18)/t11-/m0/s1. The number of aromatic carboxylic acids is 1. The van der Waals surface area contributed by atoms with Crippen LogP contribution in [-0.4, -0.2) is 18.2 Å². The number of rotatable bonds is 4. The molecule has 0 aliphatic carbocycles. The van der Waals surface area contributed by atoms with Gasteiger partial charge in [-0.1, -0.05) is 37.3 Å². The summed E-state index contributed by atoms with van der Waals surface area (Å²) in [6.45, 7) is 2.00. The van der Waals surface area contributed by atoms with E-state index in [1.807, 2.05) is 43.3 Å². The Bertz CT molecular complexity index is 573. The highest BCUT2D eigenvalue weighted by Crippen LogP contribution is 2.28. The largest absolute Gasteiger partial charge is 0.497 e. The minimum absolute atomic E-state index is 0.0261. The van der Waals surface area contributed by atoms with Crippen molar-refractivity contribution < 1.29 is 14.6 Å². The van der Waals surface area contributed by atoms with Gasteiger partial charge in [0.25, 0.3) is 0 Å². The van der Waals surface area contributed by atoms with Gasteiger partial charge in [-0.05, 0) is 29.3 Å². The highest BCUT2D eigenvalue weighted by atomic mass is 16.5. The molecule has 19 heavy (non-hydrogen) atoms. The van der Waals surface area contributed by atoms with Gasteiger partial charge >= 0.3 is 5.97 Å². The molecule has 0 aliphatic heterocycles. The minimum atomic E-state index is -0.893. The van der Waals surface area contributed by atoms with Crippen molar-refractivity contribution >= 4 is 5.97 Å². The van der Waals surface area contributed by atoms with Crippen molar-refractivity contribution in [3.05, 3.63) is 65.2 Å². The van der Waals surface area contributed by atoms with E-state index in [4.69, 9.17) is 4.74 Å². The molecule has 1 N–H and O–H groups in total. The SMILES string of the molecule is COc1ccc([C@H](C)c2ccccc2C(=O)O)cc1. The number of ether oxygens (including phenoxy) is 1. The summed E-state index contributed by atoms with van der Waals surface area (Å²) in [7, 11) is 1.62. The van der Waals surface area contributed by atoms with Crippen LogP contribution in [0.4, 0.5) is 0 Å².